The van der Waals surface area contributed by atoms with Gasteiger partial charge in [0.05, 0.1) is 5.92 Å². The van der Waals surface area contributed by atoms with E-state index in [2.05, 4.69) is 51.6 Å². The van der Waals surface area contributed by atoms with Crippen LogP contribution in [0.5, 0.6) is 0 Å². The van der Waals surface area contributed by atoms with Crippen molar-refractivity contribution in [3.63, 3.8) is 0 Å². The molecule has 138 valence electrons. The van der Waals surface area contributed by atoms with Gasteiger partial charge in [0.15, 0.2) is 0 Å². The molecule has 2 saturated heterocycles. The van der Waals surface area contributed by atoms with Crippen LogP contribution in [0.2, 0.25) is 0 Å². The van der Waals surface area contributed by atoms with E-state index in [0.717, 1.165) is 52.0 Å². The number of carbonyl (C=O) groups excluding carboxylic acids is 1. The predicted octanol–water partition coefficient (Wildman–Crippen LogP) is 0.932. The lowest BCUT2D eigenvalue weighted by atomic mass is 9.97. The topological polar surface area (TPSA) is 67.8 Å². The summed E-state index contributed by atoms with van der Waals surface area (Å²) in [5, 5.41) is 16.5. The summed E-state index contributed by atoms with van der Waals surface area (Å²) in [5.74, 6) is -0.369. The summed E-state index contributed by atoms with van der Waals surface area (Å²) in [4.78, 5) is 17.0. The fourth-order valence-corrected chi connectivity index (χ4v) is 3.64. The Bertz CT molecular complexity index is 546. The number of aliphatic hydroxyl groups is 1. The van der Waals surface area contributed by atoms with Gasteiger partial charge in [-0.15, -0.1) is 0 Å². The number of benzene rings is 1. The van der Waals surface area contributed by atoms with Crippen molar-refractivity contribution in [2.45, 2.75) is 45.2 Å². The average Bonchev–Trinajstić information content (AvgIpc) is 2.62. The molecule has 0 spiro atoms. The van der Waals surface area contributed by atoms with Crippen LogP contribution in [0.4, 0.5) is 0 Å². The van der Waals surface area contributed by atoms with Gasteiger partial charge in [-0.05, 0) is 12.0 Å². The van der Waals surface area contributed by atoms with E-state index in [9.17, 15) is 9.90 Å². The second-order valence-electron chi connectivity index (χ2n) is 7.07. The molecule has 3 atom stereocenters. The minimum absolute atomic E-state index is 0.0311. The van der Waals surface area contributed by atoms with Crippen molar-refractivity contribution in [1.29, 1.82) is 0 Å². The molecular weight excluding hydrogens is 316 g/mol. The third kappa shape index (κ3) is 4.79. The van der Waals surface area contributed by atoms with Crippen LogP contribution in [0, 0.1) is 5.92 Å². The molecule has 0 saturated carbocycles. The lowest BCUT2D eigenvalue weighted by molar-refractivity contribution is -0.141. The van der Waals surface area contributed by atoms with Crippen molar-refractivity contribution in [3.8, 4) is 0 Å². The van der Waals surface area contributed by atoms with Crippen LogP contribution in [0.15, 0.2) is 30.3 Å². The first kappa shape index (κ1) is 18.3. The summed E-state index contributed by atoms with van der Waals surface area (Å²) in [5.41, 5.74) is 1.33. The van der Waals surface area contributed by atoms with Crippen molar-refractivity contribution in [1.82, 2.24) is 20.4 Å². The third-order valence-corrected chi connectivity index (χ3v) is 5.22. The van der Waals surface area contributed by atoms with Gasteiger partial charge in [-0.2, -0.15) is 0 Å². The molecule has 1 amide bonds. The van der Waals surface area contributed by atoms with Crippen molar-refractivity contribution >= 4 is 5.91 Å². The Hall–Kier alpha value is -1.47. The molecule has 25 heavy (non-hydrogen) atoms. The first-order valence-electron chi connectivity index (χ1n) is 9.42. The average molecular weight is 346 g/mol. The Kier molecular flexibility index (Phi) is 6.42. The van der Waals surface area contributed by atoms with Crippen LogP contribution in [-0.2, 0) is 11.3 Å². The lowest BCUT2D eigenvalue weighted by Gasteiger charge is -2.44. The van der Waals surface area contributed by atoms with Gasteiger partial charge in [0.2, 0.25) is 5.91 Å². The molecule has 2 fully saturated rings. The zero-order chi connectivity index (χ0) is 17.6. The minimum atomic E-state index is -0.757. The first-order chi connectivity index (χ1) is 12.2. The van der Waals surface area contributed by atoms with Crippen LogP contribution < -0.4 is 10.6 Å². The maximum Gasteiger partial charge on any atom is 0.229 e. The normalized spacial score (nSPS) is 28.7. The van der Waals surface area contributed by atoms with Gasteiger partial charge in [0.25, 0.3) is 0 Å². The maximum atomic E-state index is 12.3. The minimum Gasteiger partial charge on any atom is -0.378 e. The SMILES string of the molecule is CCCCC1C(=O)NC(N2CCN(Cc3ccccc3)CC2)NC1O. The van der Waals surface area contributed by atoms with Crippen molar-refractivity contribution in [2.75, 3.05) is 26.2 Å². The highest BCUT2D eigenvalue weighted by Gasteiger charge is 2.37. The molecule has 2 aliphatic rings. The van der Waals surface area contributed by atoms with Crippen molar-refractivity contribution in [2.24, 2.45) is 5.92 Å². The second-order valence-corrected chi connectivity index (χ2v) is 7.07. The van der Waals surface area contributed by atoms with Crippen molar-refractivity contribution < 1.29 is 9.90 Å². The van der Waals surface area contributed by atoms with Gasteiger partial charge < -0.3 is 10.4 Å². The zero-order valence-electron chi connectivity index (χ0n) is 15.0. The Morgan fingerprint density at radius 1 is 1.16 bits per heavy atom. The summed E-state index contributed by atoms with van der Waals surface area (Å²) in [6.07, 6.45) is 1.70. The highest BCUT2D eigenvalue weighted by atomic mass is 16.3. The molecule has 1 aromatic carbocycles. The largest absolute Gasteiger partial charge is 0.378 e. The summed E-state index contributed by atoms with van der Waals surface area (Å²) >= 11 is 0. The standard InChI is InChI=1S/C19H30N4O2/c1-2-3-9-16-17(24)20-19(21-18(16)25)23-12-10-22(11-13-23)14-15-7-5-4-6-8-15/h4-8,16-17,19-20,24H,2-3,9-14H2,1H3,(H,21,25). The van der Waals surface area contributed by atoms with E-state index in [-0.39, 0.29) is 18.1 Å². The molecule has 0 aromatic heterocycles. The van der Waals surface area contributed by atoms with Gasteiger partial charge in [-0.1, -0.05) is 50.1 Å². The number of rotatable bonds is 6. The van der Waals surface area contributed by atoms with Crippen LogP contribution in [0.3, 0.4) is 0 Å². The summed E-state index contributed by atoms with van der Waals surface area (Å²) in [6, 6.07) is 10.5. The predicted molar refractivity (Wildman–Crippen MR) is 97.4 cm³/mol. The summed E-state index contributed by atoms with van der Waals surface area (Å²) in [6.45, 7) is 6.71. The summed E-state index contributed by atoms with van der Waals surface area (Å²) < 4.78 is 0. The highest BCUT2D eigenvalue weighted by molar-refractivity contribution is 5.80. The van der Waals surface area contributed by atoms with Gasteiger partial charge in [0, 0.05) is 32.7 Å². The van der Waals surface area contributed by atoms with Gasteiger partial charge >= 0.3 is 0 Å². The zero-order valence-corrected chi connectivity index (χ0v) is 15.0. The number of carbonyl (C=O) groups is 1. The molecule has 3 N–H and O–H groups in total. The molecule has 2 aliphatic heterocycles. The Morgan fingerprint density at radius 3 is 2.52 bits per heavy atom. The van der Waals surface area contributed by atoms with Crippen LogP contribution in [0.25, 0.3) is 0 Å². The van der Waals surface area contributed by atoms with E-state index in [1.165, 1.54) is 5.56 Å². The molecular formula is C19H30N4O2. The fraction of sp³-hybridized carbons (Fsp3) is 0.632. The molecule has 0 radical (unpaired) electrons. The highest BCUT2D eigenvalue weighted by Crippen LogP contribution is 2.18. The number of hydrogen-bond acceptors (Lipinski definition) is 5. The molecule has 2 heterocycles. The quantitative estimate of drug-likeness (QED) is 0.715. The van der Waals surface area contributed by atoms with Gasteiger partial charge in [-0.25, -0.2) is 0 Å². The number of unbranched alkanes of at least 4 members (excludes halogenated alkanes) is 1. The van der Waals surface area contributed by atoms with E-state index in [1.54, 1.807) is 0 Å². The number of nitrogens with one attached hydrogen (secondary N) is 2. The van der Waals surface area contributed by atoms with Crippen LogP contribution in [0.1, 0.15) is 31.7 Å². The van der Waals surface area contributed by atoms with E-state index in [4.69, 9.17) is 0 Å². The molecule has 1 aromatic rings. The molecule has 0 bridgehead atoms. The second kappa shape index (κ2) is 8.76. The number of piperazine rings is 1. The van der Waals surface area contributed by atoms with E-state index < -0.39 is 6.23 Å². The van der Waals surface area contributed by atoms with Gasteiger partial charge in [-0.3, -0.25) is 19.9 Å². The van der Waals surface area contributed by atoms with Crippen molar-refractivity contribution in [3.05, 3.63) is 35.9 Å². The molecule has 3 unspecified atom stereocenters. The van der Waals surface area contributed by atoms with E-state index in [0.29, 0.717) is 0 Å². The number of amides is 1. The first-order valence-corrected chi connectivity index (χ1v) is 9.42. The number of aliphatic hydroxyl groups excluding tert-OH is 1. The Morgan fingerprint density at radius 2 is 1.88 bits per heavy atom. The third-order valence-electron chi connectivity index (χ3n) is 5.22. The molecule has 3 rings (SSSR count). The van der Waals surface area contributed by atoms with Crippen LogP contribution in [-0.4, -0.2) is 59.5 Å². The van der Waals surface area contributed by atoms with E-state index >= 15 is 0 Å². The van der Waals surface area contributed by atoms with E-state index in [1.807, 2.05) is 6.07 Å². The molecule has 0 aliphatic carbocycles. The maximum absolute atomic E-state index is 12.3. The Balaban J connectivity index is 1.47. The lowest BCUT2D eigenvalue weighted by Crippen LogP contribution is -2.69. The monoisotopic (exact) mass is 346 g/mol. The van der Waals surface area contributed by atoms with Gasteiger partial charge in [0.1, 0.15) is 12.5 Å². The number of nitrogens with zero attached hydrogens (tertiary/aromatic N) is 2. The summed E-state index contributed by atoms with van der Waals surface area (Å²) in [7, 11) is 0. The molecule has 6 heteroatoms. The fourth-order valence-electron chi connectivity index (χ4n) is 3.64. The smallest absolute Gasteiger partial charge is 0.229 e. The number of hydrogen-bond donors (Lipinski definition) is 3. The van der Waals surface area contributed by atoms with Crippen LogP contribution >= 0.6 is 0 Å². The Labute approximate surface area is 150 Å². The molecule has 6 nitrogen and oxygen atoms in total.